The topological polar surface area (TPSA) is 92.4 Å². The van der Waals surface area contributed by atoms with Gasteiger partial charge in [0.25, 0.3) is 0 Å². The van der Waals surface area contributed by atoms with Gasteiger partial charge in [-0.15, -0.1) is 0 Å². The number of carbonyl (C=O) groups is 2. The highest BCUT2D eigenvalue weighted by atomic mass is 16.4. The summed E-state index contributed by atoms with van der Waals surface area (Å²) in [5.74, 6) is -0.307. The number of hydrogen-bond donors (Lipinski definition) is 3. The fourth-order valence-electron chi connectivity index (χ4n) is 2.58. The van der Waals surface area contributed by atoms with E-state index >= 15 is 0 Å². The Kier molecular flexibility index (Phi) is 6.72. The molecule has 0 aromatic rings. The molecule has 18 heavy (non-hydrogen) atoms. The lowest BCUT2D eigenvalue weighted by Crippen LogP contribution is -2.39. The quantitative estimate of drug-likeness (QED) is 0.595. The van der Waals surface area contributed by atoms with Crippen LogP contribution in [0.2, 0.25) is 0 Å². The third-order valence-corrected chi connectivity index (χ3v) is 3.67. The first-order valence-corrected chi connectivity index (χ1v) is 6.84. The van der Waals surface area contributed by atoms with Gasteiger partial charge in [0.05, 0.1) is 0 Å². The van der Waals surface area contributed by atoms with Gasteiger partial charge in [-0.05, 0) is 38.1 Å². The van der Waals surface area contributed by atoms with Crippen molar-refractivity contribution in [1.82, 2.24) is 5.32 Å². The van der Waals surface area contributed by atoms with Crippen molar-refractivity contribution in [3.63, 3.8) is 0 Å². The molecular weight excluding hydrogens is 232 g/mol. The molecule has 1 saturated carbocycles. The zero-order chi connectivity index (χ0) is 13.4. The minimum absolute atomic E-state index is 0.0585. The molecule has 0 radical (unpaired) electrons. The van der Waals surface area contributed by atoms with Crippen LogP contribution < -0.4 is 11.1 Å². The largest absolute Gasteiger partial charge is 0.481 e. The van der Waals surface area contributed by atoms with Gasteiger partial charge in [0.1, 0.15) is 0 Å². The molecule has 1 rings (SSSR count). The number of carboxylic acids is 1. The molecule has 5 heteroatoms. The number of nitrogens with one attached hydrogen (secondary N) is 1. The van der Waals surface area contributed by atoms with Crippen LogP contribution in [0.15, 0.2) is 0 Å². The molecule has 1 aliphatic rings. The van der Waals surface area contributed by atoms with Crippen LogP contribution in [0.25, 0.3) is 0 Å². The standard InChI is InChI=1S/C13H24N2O3/c14-9-10-5-1-2-6-11(10)13(18)15-8-4-3-7-12(16)17/h10-11H,1-9,14H2,(H,15,18)(H,16,17). The summed E-state index contributed by atoms with van der Waals surface area (Å²) in [6, 6.07) is 0. The number of carbonyl (C=O) groups excluding carboxylic acids is 1. The van der Waals surface area contributed by atoms with Crippen molar-refractivity contribution in [2.24, 2.45) is 17.6 Å². The Bertz CT molecular complexity index is 281. The maximum atomic E-state index is 12.0. The molecule has 0 bridgehead atoms. The summed E-state index contributed by atoms with van der Waals surface area (Å²) in [5.41, 5.74) is 5.70. The Hall–Kier alpha value is -1.10. The molecule has 0 aliphatic heterocycles. The zero-order valence-corrected chi connectivity index (χ0v) is 10.9. The van der Waals surface area contributed by atoms with E-state index in [1.165, 1.54) is 6.42 Å². The molecule has 0 saturated heterocycles. The first-order valence-electron chi connectivity index (χ1n) is 6.84. The van der Waals surface area contributed by atoms with Gasteiger partial charge in [-0.3, -0.25) is 9.59 Å². The van der Waals surface area contributed by atoms with E-state index < -0.39 is 5.97 Å². The molecule has 5 nitrogen and oxygen atoms in total. The number of aliphatic carboxylic acids is 1. The van der Waals surface area contributed by atoms with E-state index in [9.17, 15) is 9.59 Å². The van der Waals surface area contributed by atoms with Gasteiger partial charge < -0.3 is 16.2 Å². The molecule has 0 aromatic heterocycles. The van der Waals surface area contributed by atoms with E-state index in [2.05, 4.69) is 5.32 Å². The number of rotatable bonds is 7. The second-order valence-electron chi connectivity index (χ2n) is 5.03. The normalized spacial score (nSPS) is 23.6. The lowest BCUT2D eigenvalue weighted by Gasteiger charge is -2.29. The molecule has 2 atom stereocenters. The second kappa shape index (κ2) is 8.08. The highest BCUT2D eigenvalue weighted by molar-refractivity contribution is 5.79. The van der Waals surface area contributed by atoms with E-state index in [0.717, 1.165) is 25.7 Å². The molecule has 4 N–H and O–H groups in total. The molecule has 104 valence electrons. The van der Waals surface area contributed by atoms with Crippen LogP contribution in [0, 0.1) is 11.8 Å². The van der Waals surface area contributed by atoms with E-state index in [1.54, 1.807) is 0 Å². The lowest BCUT2D eigenvalue weighted by molar-refractivity contribution is -0.137. The predicted molar refractivity (Wildman–Crippen MR) is 69.0 cm³/mol. The van der Waals surface area contributed by atoms with Crippen molar-refractivity contribution in [1.29, 1.82) is 0 Å². The summed E-state index contributed by atoms with van der Waals surface area (Å²) in [7, 11) is 0. The molecule has 0 aromatic carbocycles. The minimum atomic E-state index is -0.781. The molecule has 1 fully saturated rings. The van der Waals surface area contributed by atoms with E-state index in [4.69, 9.17) is 10.8 Å². The molecule has 1 aliphatic carbocycles. The SMILES string of the molecule is NCC1CCCCC1C(=O)NCCCCC(=O)O. The number of hydrogen-bond acceptors (Lipinski definition) is 3. The average molecular weight is 256 g/mol. The van der Waals surface area contributed by atoms with Crippen molar-refractivity contribution in [2.75, 3.05) is 13.1 Å². The summed E-state index contributed by atoms with van der Waals surface area (Å²) in [6.07, 6.45) is 5.76. The first-order chi connectivity index (χ1) is 8.65. The Labute approximate surface area is 108 Å². The Morgan fingerprint density at radius 2 is 1.94 bits per heavy atom. The second-order valence-corrected chi connectivity index (χ2v) is 5.03. The smallest absolute Gasteiger partial charge is 0.303 e. The maximum absolute atomic E-state index is 12.0. The van der Waals surface area contributed by atoms with Crippen LogP contribution in [-0.4, -0.2) is 30.1 Å². The lowest BCUT2D eigenvalue weighted by atomic mass is 9.79. The molecule has 0 spiro atoms. The maximum Gasteiger partial charge on any atom is 0.303 e. The fraction of sp³-hybridized carbons (Fsp3) is 0.846. The highest BCUT2D eigenvalue weighted by Crippen LogP contribution is 2.29. The van der Waals surface area contributed by atoms with Crippen LogP contribution >= 0.6 is 0 Å². The third kappa shape index (κ3) is 5.04. The highest BCUT2D eigenvalue weighted by Gasteiger charge is 2.29. The summed E-state index contributed by atoms with van der Waals surface area (Å²) < 4.78 is 0. The summed E-state index contributed by atoms with van der Waals surface area (Å²) >= 11 is 0. The third-order valence-electron chi connectivity index (χ3n) is 3.67. The van der Waals surface area contributed by atoms with Gasteiger partial charge in [0.2, 0.25) is 5.91 Å². The van der Waals surface area contributed by atoms with Crippen molar-refractivity contribution < 1.29 is 14.7 Å². The van der Waals surface area contributed by atoms with Gasteiger partial charge in [0, 0.05) is 18.9 Å². The van der Waals surface area contributed by atoms with Crippen LogP contribution in [0.1, 0.15) is 44.9 Å². The van der Waals surface area contributed by atoms with Crippen molar-refractivity contribution in [3.8, 4) is 0 Å². The van der Waals surface area contributed by atoms with Crippen LogP contribution in [0.5, 0.6) is 0 Å². The Balaban J connectivity index is 2.20. The van der Waals surface area contributed by atoms with Gasteiger partial charge >= 0.3 is 5.97 Å². The Morgan fingerprint density at radius 3 is 2.61 bits per heavy atom. The average Bonchev–Trinajstić information content (AvgIpc) is 2.37. The summed E-state index contributed by atoms with van der Waals surface area (Å²) in [4.78, 5) is 22.3. The van der Waals surface area contributed by atoms with Gasteiger partial charge in [-0.25, -0.2) is 0 Å². The summed E-state index contributed by atoms with van der Waals surface area (Å²) in [5, 5.41) is 11.4. The molecule has 1 amide bonds. The van der Waals surface area contributed by atoms with Crippen LogP contribution in [-0.2, 0) is 9.59 Å². The van der Waals surface area contributed by atoms with Crippen molar-refractivity contribution >= 4 is 11.9 Å². The predicted octanol–water partition coefficient (Wildman–Crippen LogP) is 1.12. The molecular formula is C13H24N2O3. The van der Waals surface area contributed by atoms with E-state index in [1.807, 2.05) is 0 Å². The number of carboxylic acid groups (broad SMARTS) is 1. The number of nitrogens with two attached hydrogens (primary N) is 1. The molecule has 0 heterocycles. The Morgan fingerprint density at radius 1 is 1.22 bits per heavy atom. The monoisotopic (exact) mass is 256 g/mol. The number of amides is 1. The zero-order valence-electron chi connectivity index (χ0n) is 10.9. The number of unbranched alkanes of at least 4 members (excludes halogenated alkanes) is 1. The first kappa shape index (κ1) is 15.0. The minimum Gasteiger partial charge on any atom is -0.481 e. The summed E-state index contributed by atoms with van der Waals surface area (Å²) in [6.45, 7) is 1.15. The van der Waals surface area contributed by atoms with E-state index in [-0.39, 0.29) is 18.2 Å². The van der Waals surface area contributed by atoms with Gasteiger partial charge in [-0.2, -0.15) is 0 Å². The fourth-order valence-corrected chi connectivity index (χ4v) is 2.58. The van der Waals surface area contributed by atoms with Gasteiger partial charge in [0.15, 0.2) is 0 Å². The van der Waals surface area contributed by atoms with Gasteiger partial charge in [-0.1, -0.05) is 12.8 Å². The van der Waals surface area contributed by atoms with Crippen molar-refractivity contribution in [3.05, 3.63) is 0 Å². The molecule has 2 unspecified atom stereocenters. The van der Waals surface area contributed by atoms with Crippen LogP contribution in [0.4, 0.5) is 0 Å². The van der Waals surface area contributed by atoms with E-state index in [0.29, 0.717) is 25.4 Å². The van der Waals surface area contributed by atoms with Crippen LogP contribution in [0.3, 0.4) is 0 Å². The van der Waals surface area contributed by atoms with Crippen molar-refractivity contribution in [2.45, 2.75) is 44.9 Å².